The number of hydrogen-bond donors (Lipinski definition) is 1. The highest BCUT2D eigenvalue weighted by atomic mass is 19.3. The molecule has 2 aliphatic rings. The number of likely N-dealkylation sites (tertiary alicyclic amines) is 1. The molecule has 0 radical (unpaired) electrons. The van der Waals surface area contributed by atoms with E-state index in [0.717, 1.165) is 24.4 Å². The minimum Gasteiger partial charge on any atom is -0.435 e. The molecule has 1 unspecified atom stereocenters. The fraction of sp³-hybridized carbons (Fsp3) is 0.684. The maximum absolute atomic E-state index is 12.1. The van der Waals surface area contributed by atoms with Gasteiger partial charge < -0.3 is 15.0 Å². The summed E-state index contributed by atoms with van der Waals surface area (Å²) in [4.78, 5) is 2.64. The highest BCUT2D eigenvalue weighted by Gasteiger charge is 2.31. The van der Waals surface area contributed by atoms with E-state index in [1.54, 1.807) is 12.1 Å². The maximum Gasteiger partial charge on any atom is 0.387 e. The molecule has 1 aromatic carbocycles. The number of rotatable bonds is 8. The van der Waals surface area contributed by atoms with Gasteiger partial charge in [0.25, 0.3) is 0 Å². The molecule has 1 aromatic rings. The lowest BCUT2D eigenvalue weighted by molar-refractivity contribution is -0.0498. The van der Waals surface area contributed by atoms with Crippen LogP contribution < -0.4 is 10.1 Å². The number of alkyl halides is 2. The van der Waals surface area contributed by atoms with Gasteiger partial charge in [-0.1, -0.05) is 12.1 Å². The van der Waals surface area contributed by atoms with E-state index < -0.39 is 6.61 Å². The Labute approximate surface area is 143 Å². The summed E-state index contributed by atoms with van der Waals surface area (Å²) in [6.07, 6.45) is 7.30. The molecule has 2 fully saturated rings. The minimum absolute atomic E-state index is 0.224. The smallest absolute Gasteiger partial charge is 0.387 e. The number of benzene rings is 1. The minimum atomic E-state index is -2.76. The first-order valence-corrected chi connectivity index (χ1v) is 9.14. The highest BCUT2D eigenvalue weighted by Crippen LogP contribution is 2.29. The number of ether oxygens (including phenoxy) is 1. The summed E-state index contributed by atoms with van der Waals surface area (Å²) in [7, 11) is 0. The van der Waals surface area contributed by atoms with E-state index in [1.807, 2.05) is 12.1 Å². The standard InChI is InChI=1S/C19H28F2N2O/c1-14(22-16-10-12-23(13-11-16)17-6-7-17)2-3-15-4-8-18(9-5-15)24-19(20)21/h4-5,8-9,14,16-17,19,22H,2-3,6-7,10-13H2,1H3. The van der Waals surface area contributed by atoms with Crippen LogP contribution in [0.3, 0.4) is 0 Å². The predicted octanol–water partition coefficient (Wildman–Crippen LogP) is 3.83. The molecule has 24 heavy (non-hydrogen) atoms. The first kappa shape index (κ1) is 17.6. The van der Waals surface area contributed by atoms with Gasteiger partial charge in [-0.2, -0.15) is 8.78 Å². The van der Waals surface area contributed by atoms with Crippen LogP contribution in [0.15, 0.2) is 24.3 Å². The van der Waals surface area contributed by atoms with Crippen LogP contribution in [0, 0.1) is 0 Å². The molecule has 134 valence electrons. The normalized spacial score (nSPS) is 21.2. The average Bonchev–Trinajstić information content (AvgIpc) is 3.39. The van der Waals surface area contributed by atoms with Gasteiger partial charge in [0, 0.05) is 18.1 Å². The molecular formula is C19H28F2N2O. The molecule has 0 aromatic heterocycles. The largest absolute Gasteiger partial charge is 0.435 e. The second-order valence-corrected chi connectivity index (χ2v) is 7.17. The van der Waals surface area contributed by atoms with Crippen molar-refractivity contribution in [2.45, 2.75) is 70.2 Å². The number of piperidine rings is 1. The van der Waals surface area contributed by atoms with Crippen LogP contribution in [0.4, 0.5) is 8.78 Å². The number of nitrogens with zero attached hydrogens (tertiary/aromatic N) is 1. The Morgan fingerprint density at radius 3 is 2.38 bits per heavy atom. The Kier molecular flexibility index (Phi) is 6.06. The molecule has 0 amide bonds. The van der Waals surface area contributed by atoms with E-state index in [9.17, 15) is 8.78 Å². The second-order valence-electron chi connectivity index (χ2n) is 7.17. The Bertz CT molecular complexity index is 497. The van der Waals surface area contributed by atoms with Gasteiger partial charge in [0.05, 0.1) is 0 Å². The molecule has 1 aliphatic carbocycles. The number of nitrogens with one attached hydrogen (secondary N) is 1. The van der Waals surface area contributed by atoms with Gasteiger partial charge in [-0.05, 0) is 76.2 Å². The van der Waals surface area contributed by atoms with Crippen LogP contribution >= 0.6 is 0 Å². The molecule has 1 heterocycles. The fourth-order valence-electron chi connectivity index (χ4n) is 3.58. The van der Waals surface area contributed by atoms with Crippen LogP contribution in [0.5, 0.6) is 5.75 Å². The van der Waals surface area contributed by atoms with Gasteiger partial charge in [-0.15, -0.1) is 0 Å². The number of halogens is 2. The van der Waals surface area contributed by atoms with Crippen LogP contribution in [0.1, 0.15) is 44.6 Å². The third kappa shape index (κ3) is 5.42. The van der Waals surface area contributed by atoms with Gasteiger partial charge in [0.2, 0.25) is 0 Å². The van der Waals surface area contributed by atoms with E-state index in [4.69, 9.17) is 0 Å². The van der Waals surface area contributed by atoms with E-state index in [0.29, 0.717) is 12.1 Å². The number of aryl methyl sites for hydroxylation is 1. The summed E-state index contributed by atoms with van der Waals surface area (Å²) in [5.74, 6) is 0.224. The predicted molar refractivity (Wildman–Crippen MR) is 91.6 cm³/mol. The molecule has 3 rings (SSSR count). The molecule has 5 heteroatoms. The van der Waals surface area contributed by atoms with Crippen LogP contribution in [0.25, 0.3) is 0 Å². The van der Waals surface area contributed by atoms with E-state index in [1.165, 1.54) is 38.8 Å². The molecule has 0 spiro atoms. The molecular weight excluding hydrogens is 310 g/mol. The topological polar surface area (TPSA) is 24.5 Å². The van der Waals surface area contributed by atoms with Crippen molar-refractivity contribution < 1.29 is 13.5 Å². The first-order valence-electron chi connectivity index (χ1n) is 9.14. The lowest BCUT2D eigenvalue weighted by Crippen LogP contribution is -2.46. The van der Waals surface area contributed by atoms with Crippen LogP contribution in [-0.2, 0) is 6.42 Å². The van der Waals surface area contributed by atoms with Gasteiger partial charge >= 0.3 is 6.61 Å². The fourth-order valence-corrected chi connectivity index (χ4v) is 3.58. The Hall–Kier alpha value is -1.20. The first-order chi connectivity index (χ1) is 11.6. The summed E-state index contributed by atoms with van der Waals surface area (Å²) < 4.78 is 28.6. The van der Waals surface area contributed by atoms with Crippen molar-refractivity contribution >= 4 is 0 Å². The average molecular weight is 338 g/mol. The van der Waals surface area contributed by atoms with Gasteiger partial charge in [-0.25, -0.2) is 0 Å². The quantitative estimate of drug-likeness (QED) is 0.780. The second kappa shape index (κ2) is 8.26. The Morgan fingerprint density at radius 1 is 1.12 bits per heavy atom. The molecule has 0 bridgehead atoms. The zero-order valence-electron chi connectivity index (χ0n) is 14.4. The SMILES string of the molecule is CC(CCc1ccc(OC(F)F)cc1)NC1CCN(C2CC2)CC1. The molecule has 3 nitrogen and oxygen atoms in total. The van der Waals surface area contributed by atoms with E-state index in [-0.39, 0.29) is 5.75 Å². The van der Waals surface area contributed by atoms with Crippen molar-refractivity contribution in [1.82, 2.24) is 10.2 Å². The van der Waals surface area contributed by atoms with Crippen molar-refractivity contribution in [2.75, 3.05) is 13.1 Å². The van der Waals surface area contributed by atoms with Crippen molar-refractivity contribution in [2.24, 2.45) is 0 Å². The summed E-state index contributed by atoms with van der Waals surface area (Å²) in [5.41, 5.74) is 1.16. The van der Waals surface area contributed by atoms with Crippen LogP contribution in [0.2, 0.25) is 0 Å². The van der Waals surface area contributed by atoms with Gasteiger partial charge in [0.1, 0.15) is 5.75 Å². The van der Waals surface area contributed by atoms with Crippen molar-refractivity contribution in [1.29, 1.82) is 0 Å². The lowest BCUT2D eigenvalue weighted by Gasteiger charge is -2.34. The third-order valence-electron chi connectivity index (χ3n) is 5.13. The zero-order chi connectivity index (χ0) is 16.9. The lowest BCUT2D eigenvalue weighted by atomic mass is 10.0. The Balaban J connectivity index is 1.35. The van der Waals surface area contributed by atoms with Crippen molar-refractivity contribution in [3.8, 4) is 5.75 Å². The van der Waals surface area contributed by atoms with Gasteiger partial charge in [-0.3, -0.25) is 0 Å². The maximum atomic E-state index is 12.1. The third-order valence-corrected chi connectivity index (χ3v) is 5.13. The van der Waals surface area contributed by atoms with E-state index >= 15 is 0 Å². The molecule has 1 saturated heterocycles. The van der Waals surface area contributed by atoms with Crippen LogP contribution in [-0.4, -0.2) is 42.7 Å². The summed E-state index contributed by atoms with van der Waals surface area (Å²) in [6, 6.07) is 8.98. The molecule has 1 aliphatic heterocycles. The Morgan fingerprint density at radius 2 is 1.79 bits per heavy atom. The summed E-state index contributed by atoms with van der Waals surface area (Å²) in [6.45, 7) is 1.95. The van der Waals surface area contributed by atoms with Gasteiger partial charge in [0.15, 0.2) is 0 Å². The summed E-state index contributed by atoms with van der Waals surface area (Å²) in [5, 5.41) is 3.76. The number of hydrogen-bond acceptors (Lipinski definition) is 3. The molecule has 1 saturated carbocycles. The highest BCUT2D eigenvalue weighted by molar-refractivity contribution is 5.27. The summed E-state index contributed by atoms with van der Waals surface area (Å²) >= 11 is 0. The van der Waals surface area contributed by atoms with Crippen molar-refractivity contribution in [3.63, 3.8) is 0 Å². The molecule has 1 atom stereocenters. The zero-order valence-corrected chi connectivity index (χ0v) is 14.4. The van der Waals surface area contributed by atoms with E-state index in [2.05, 4.69) is 21.9 Å². The van der Waals surface area contributed by atoms with Crippen molar-refractivity contribution in [3.05, 3.63) is 29.8 Å². The monoisotopic (exact) mass is 338 g/mol. The molecule has 1 N–H and O–H groups in total.